The predicted octanol–water partition coefficient (Wildman–Crippen LogP) is 2.42. The van der Waals surface area contributed by atoms with Gasteiger partial charge in [-0.2, -0.15) is 11.3 Å². The number of carbonyl (C=O) groups excluding carboxylic acids is 2. The van der Waals surface area contributed by atoms with Gasteiger partial charge in [0.2, 0.25) is 5.91 Å². The molecule has 1 aliphatic rings. The summed E-state index contributed by atoms with van der Waals surface area (Å²) in [5.41, 5.74) is 1.21. The Balaban J connectivity index is 1.69. The Morgan fingerprint density at radius 1 is 1.29 bits per heavy atom. The molecule has 1 aromatic carbocycles. The zero-order valence-electron chi connectivity index (χ0n) is 11.1. The number of hydrogen-bond acceptors (Lipinski definition) is 3. The van der Waals surface area contributed by atoms with Crippen molar-refractivity contribution < 1.29 is 14.0 Å². The highest BCUT2D eigenvalue weighted by Crippen LogP contribution is 2.22. The van der Waals surface area contributed by atoms with Crippen LogP contribution in [0.1, 0.15) is 16.8 Å². The van der Waals surface area contributed by atoms with E-state index in [4.69, 9.17) is 0 Å². The maximum atomic E-state index is 12.9. The maximum Gasteiger partial charge on any atom is 0.252 e. The second-order valence-corrected chi connectivity index (χ2v) is 5.57. The Labute approximate surface area is 125 Å². The topological polar surface area (TPSA) is 49.4 Å². The molecule has 1 atom stereocenters. The minimum Gasteiger partial charge on any atom is -0.340 e. The number of rotatable bonds is 3. The van der Waals surface area contributed by atoms with Crippen molar-refractivity contribution in [1.82, 2.24) is 5.32 Å². The third-order valence-electron chi connectivity index (χ3n) is 3.43. The molecule has 3 rings (SSSR count). The molecule has 0 bridgehead atoms. The minimum absolute atomic E-state index is 0.162. The van der Waals surface area contributed by atoms with Crippen LogP contribution < -0.4 is 10.2 Å². The zero-order chi connectivity index (χ0) is 14.8. The van der Waals surface area contributed by atoms with E-state index in [0.29, 0.717) is 24.2 Å². The van der Waals surface area contributed by atoms with Gasteiger partial charge in [0.1, 0.15) is 11.9 Å². The smallest absolute Gasteiger partial charge is 0.252 e. The predicted molar refractivity (Wildman–Crippen MR) is 78.9 cm³/mol. The Bertz CT molecular complexity index is 655. The van der Waals surface area contributed by atoms with Crippen molar-refractivity contribution in [1.29, 1.82) is 0 Å². The fourth-order valence-corrected chi connectivity index (χ4v) is 2.96. The van der Waals surface area contributed by atoms with Crippen LogP contribution in [-0.2, 0) is 4.79 Å². The molecule has 1 saturated heterocycles. The van der Waals surface area contributed by atoms with E-state index >= 15 is 0 Å². The van der Waals surface area contributed by atoms with Gasteiger partial charge in [0.15, 0.2) is 0 Å². The largest absolute Gasteiger partial charge is 0.340 e. The first-order chi connectivity index (χ1) is 10.1. The monoisotopic (exact) mass is 304 g/mol. The molecule has 1 fully saturated rings. The molecule has 6 heteroatoms. The van der Waals surface area contributed by atoms with E-state index in [1.54, 1.807) is 28.5 Å². The lowest BCUT2D eigenvalue weighted by Crippen LogP contribution is -2.41. The number of halogens is 1. The number of nitrogens with zero attached hydrogens (tertiary/aromatic N) is 1. The average molecular weight is 304 g/mol. The van der Waals surface area contributed by atoms with Crippen LogP contribution in [0.15, 0.2) is 41.1 Å². The van der Waals surface area contributed by atoms with Gasteiger partial charge in [-0.05, 0) is 42.1 Å². The van der Waals surface area contributed by atoms with Crippen LogP contribution in [0.5, 0.6) is 0 Å². The first-order valence-corrected chi connectivity index (χ1v) is 7.49. The fraction of sp³-hybridized carbons (Fsp3) is 0.200. The molecule has 0 aliphatic carbocycles. The SMILES string of the molecule is O=C(NC1CCN(c2ccc(F)cc2)C1=O)c1ccsc1. The number of anilines is 1. The second-order valence-electron chi connectivity index (χ2n) is 4.79. The number of nitrogens with one attached hydrogen (secondary N) is 1. The number of hydrogen-bond donors (Lipinski definition) is 1. The summed E-state index contributed by atoms with van der Waals surface area (Å²) in [7, 11) is 0. The zero-order valence-corrected chi connectivity index (χ0v) is 11.9. The van der Waals surface area contributed by atoms with Gasteiger partial charge in [-0.25, -0.2) is 4.39 Å². The van der Waals surface area contributed by atoms with Crippen LogP contribution in [0.2, 0.25) is 0 Å². The van der Waals surface area contributed by atoms with Gasteiger partial charge in [-0.3, -0.25) is 9.59 Å². The van der Waals surface area contributed by atoms with Crippen LogP contribution in [-0.4, -0.2) is 24.4 Å². The highest BCUT2D eigenvalue weighted by molar-refractivity contribution is 7.08. The van der Waals surface area contributed by atoms with Crippen molar-refractivity contribution in [3.05, 3.63) is 52.5 Å². The summed E-state index contributed by atoms with van der Waals surface area (Å²) in [6.07, 6.45) is 0.548. The number of benzene rings is 1. The highest BCUT2D eigenvalue weighted by Gasteiger charge is 2.33. The van der Waals surface area contributed by atoms with Crippen LogP contribution >= 0.6 is 11.3 Å². The molecule has 0 spiro atoms. The van der Waals surface area contributed by atoms with Crippen LogP contribution in [0.3, 0.4) is 0 Å². The quantitative estimate of drug-likeness (QED) is 0.947. The van der Waals surface area contributed by atoms with Crippen molar-refractivity contribution in [3.63, 3.8) is 0 Å². The van der Waals surface area contributed by atoms with Crippen molar-refractivity contribution in [2.24, 2.45) is 0 Å². The summed E-state index contributed by atoms with van der Waals surface area (Å²) < 4.78 is 12.9. The van der Waals surface area contributed by atoms with Crippen molar-refractivity contribution in [2.45, 2.75) is 12.5 Å². The number of amides is 2. The number of carbonyl (C=O) groups is 2. The van der Waals surface area contributed by atoms with Crippen LogP contribution in [0.25, 0.3) is 0 Å². The lowest BCUT2D eigenvalue weighted by Gasteiger charge is -2.17. The Morgan fingerprint density at radius 2 is 2.05 bits per heavy atom. The maximum absolute atomic E-state index is 12.9. The lowest BCUT2D eigenvalue weighted by molar-refractivity contribution is -0.118. The third kappa shape index (κ3) is 2.80. The molecule has 108 valence electrons. The molecule has 1 aliphatic heterocycles. The molecule has 1 aromatic heterocycles. The van der Waals surface area contributed by atoms with Crippen LogP contribution in [0.4, 0.5) is 10.1 Å². The minimum atomic E-state index is -0.526. The molecule has 0 radical (unpaired) electrons. The fourth-order valence-electron chi connectivity index (χ4n) is 2.33. The third-order valence-corrected chi connectivity index (χ3v) is 4.12. The van der Waals surface area contributed by atoms with E-state index in [1.807, 2.05) is 5.38 Å². The molecule has 1 unspecified atom stereocenters. The molecule has 4 nitrogen and oxygen atoms in total. The highest BCUT2D eigenvalue weighted by atomic mass is 32.1. The van der Waals surface area contributed by atoms with Gasteiger partial charge in [0, 0.05) is 17.6 Å². The van der Waals surface area contributed by atoms with E-state index in [2.05, 4.69) is 5.32 Å². The van der Waals surface area contributed by atoms with E-state index in [1.165, 1.54) is 23.5 Å². The first kappa shape index (κ1) is 13.8. The molecular weight excluding hydrogens is 291 g/mol. The van der Waals surface area contributed by atoms with Crippen LogP contribution in [0, 0.1) is 5.82 Å². The van der Waals surface area contributed by atoms with Gasteiger partial charge in [0.25, 0.3) is 5.91 Å². The van der Waals surface area contributed by atoms with Gasteiger partial charge >= 0.3 is 0 Å². The molecule has 2 aromatic rings. The summed E-state index contributed by atoms with van der Waals surface area (Å²) in [6.45, 7) is 0.513. The lowest BCUT2D eigenvalue weighted by atomic mass is 10.2. The molecular formula is C15H13FN2O2S. The molecule has 2 amide bonds. The molecule has 1 N–H and O–H groups in total. The normalized spacial score (nSPS) is 18.0. The van der Waals surface area contributed by atoms with E-state index in [9.17, 15) is 14.0 Å². The Kier molecular flexibility index (Phi) is 3.70. The van der Waals surface area contributed by atoms with E-state index in [-0.39, 0.29) is 17.6 Å². The van der Waals surface area contributed by atoms with Crippen molar-refractivity contribution >= 4 is 28.8 Å². The second kappa shape index (κ2) is 5.65. The summed E-state index contributed by atoms with van der Waals surface area (Å²) >= 11 is 1.43. The summed E-state index contributed by atoms with van der Waals surface area (Å²) in [5.74, 6) is -0.742. The Morgan fingerprint density at radius 3 is 2.71 bits per heavy atom. The van der Waals surface area contributed by atoms with Gasteiger partial charge < -0.3 is 10.2 Å². The van der Waals surface area contributed by atoms with Gasteiger partial charge in [-0.1, -0.05) is 0 Å². The number of thiophene rings is 1. The van der Waals surface area contributed by atoms with E-state index in [0.717, 1.165) is 0 Å². The average Bonchev–Trinajstić information content (AvgIpc) is 3.11. The molecule has 2 heterocycles. The van der Waals surface area contributed by atoms with Gasteiger partial charge in [0.05, 0.1) is 5.56 Å². The standard InChI is InChI=1S/C15H13FN2O2S/c16-11-1-3-12(4-2-11)18-7-5-13(15(18)20)17-14(19)10-6-8-21-9-10/h1-4,6,8-9,13H,5,7H2,(H,17,19). The summed E-state index contributed by atoms with van der Waals surface area (Å²) in [6, 6.07) is 6.96. The van der Waals surface area contributed by atoms with Crippen molar-refractivity contribution in [3.8, 4) is 0 Å². The molecule has 0 saturated carbocycles. The first-order valence-electron chi connectivity index (χ1n) is 6.55. The Hall–Kier alpha value is -2.21. The van der Waals surface area contributed by atoms with Crippen molar-refractivity contribution in [2.75, 3.05) is 11.4 Å². The molecule has 21 heavy (non-hydrogen) atoms. The van der Waals surface area contributed by atoms with Gasteiger partial charge in [-0.15, -0.1) is 0 Å². The summed E-state index contributed by atoms with van der Waals surface area (Å²) in [5, 5.41) is 6.30. The van der Waals surface area contributed by atoms with E-state index < -0.39 is 6.04 Å². The summed E-state index contributed by atoms with van der Waals surface area (Å²) in [4.78, 5) is 25.9.